The lowest BCUT2D eigenvalue weighted by Crippen LogP contribution is -2.20. The highest BCUT2D eigenvalue weighted by Gasteiger charge is 2.21. The first kappa shape index (κ1) is 25.4. The molecule has 0 spiro atoms. The van der Waals surface area contributed by atoms with Crippen LogP contribution in [0.3, 0.4) is 0 Å². The van der Waals surface area contributed by atoms with Crippen molar-refractivity contribution in [2.75, 3.05) is 26.1 Å². The standard InChI is InChI=1S/C23H20N4O9/c1-34-17-11-13(4-10-18-25-21(29)20(27(32)33)22(30)26-18)3-9-16(17)36-12-19(28)24-15-7-5-14(6-8-15)23(31)35-2/h3-11H,12H2,1-2H3,(H,24,28)(H2,25,26,29,30)/b10-4+. The van der Waals surface area contributed by atoms with Gasteiger partial charge in [0.05, 0.1) is 24.7 Å². The summed E-state index contributed by atoms with van der Waals surface area (Å²) < 4.78 is 15.4. The summed E-state index contributed by atoms with van der Waals surface area (Å²) in [5.41, 5.74) is -0.746. The zero-order chi connectivity index (χ0) is 26.2. The number of nitro groups is 1. The van der Waals surface area contributed by atoms with Crippen LogP contribution in [-0.2, 0) is 9.53 Å². The highest BCUT2D eigenvalue weighted by Crippen LogP contribution is 2.29. The van der Waals surface area contributed by atoms with Crippen LogP contribution in [0.25, 0.3) is 12.2 Å². The van der Waals surface area contributed by atoms with E-state index in [0.717, 1.165) is 0 Å². The molecule has 36 heavy (non-hydrogen) atoms. The number of carbonyl (C=O) groups is 2. The molecule has 0 aliphatic heterocycles. The summed E-state index contributed by atoms with van der Waals surface area (Å²) in [7, 11) is 2.68. The van der Waals surface area contributed by atoms with Crippen LogP contribution in [0.1, 0.15) is 21.7 Å². The van der Waals surface area contributed by atoms with Crippen molar-refractivity contribution in [2.24, 2.45) is 0 Å². The van der Waals surface area contributed by atoms with E-state index in [-0.39, 0.29) is 18.2 Å². The maximum absolute atomic E-state index is 12.2. The van der Waals surface area contributed by atoms with Crippen LogP contribution in [0.2, 0.25) is 0 Å². The lowest BCUT2D eigenvalue weighted by Gasteiger charge is -2.12. The minimum absolute atomic E-state index is 0.0984. The van der Waals surface area contributed by atoms with Crippen LogP contribution in [0.4, 0.5) is 11.4 Å². The van der Waals surface area contributed by atoms with Gasteiger partial charge in [0, 0.05) is 5.69 Å². The molecule has 186 valence electrons. The largest absolute Gasteiger partial charge is 0.493 e. The van der Waals surface area contributed by atoms with Crippen molar-refractivity contribution in [1.82, 2.24) is 9.97 Å². The van der Waals surface area contributed by atoms with E-state index in [9.17, 15) is 29.6 Å². The molecule has 1 heterocycles. The molecule has 0 saturated heterocycles. The van der Waals surface area contributed by atoms with Crippen molar-refractivity contribution in [1.29, 1.82) is 0 Å². The number of hydrogen-bond acceptors (Lipinski definition) is 10. The highest BCUT2D eigenvalue weighted by atomic mass is 16.6. The molecule has 0 fully saturated rings. The molecule has 1 amide bonds. The Labute approximate surface area is 203 Å². The van der Waals surface area contributed by atoms with E-state index in [1.807, 2.05) is 0 Å². The molecule has 0 atom stereocenters. The number of nitrogens with one attached hydrogen (secondary N) is 2. The minimum atomic E-state index is -1.09. The number of carbonyl (C=O) groups excluding carboxylic acids is 2. The van der Waals surface area contributed by atoms with Crippen molar-refractivity contribution in [3.05, 3.63) is 79.9 Å². The number of aromatic nitrogens is 2. The molecule has 3 aromatic rings. The van der Waals surface area contributed by atoms with Gasteiger partial charge >= 0.3 is 17.2 Å². The fourth-order valence-corrected chi connectivity index (χ4v) is 2.95. The lowest BCUT2D eigenvalue weighted by molar-refractivity contribution is -0.387. The zero-order valence-corrected chi connectivity index (χ0v) is 19.0. The van der Waals surface area contributed by atoms with Gasteiger partial charge in [-0.3, -0.25) is 19.7 Å². The Kier molecular flexibility index (Phi) is 7.97. The molecule has 3 rings (SSSR count). The van der Waals surface area contributed by atoms with Crippen LogP contribution < -0.4 is 20.3 Å². The molecule has 0 aliphatic rings. The molecule has 13 heteroatoms. The number of benzene rings is 2. The summed E-state index contributed by atoms with van der Waals surface area (Å²) in [5, 5.41) is 23.0. The van der Waals surface area contributed by atoms with Gasteiger partial charge < -0.3 is 29.6 Å². The first-order valence-corrected chi connectivity index (χ1v) is 10.2. The number of esters is 1. The van der Waals surface area contributed by atoms with Gasteiger partial charge in [0.25, 0.3) is 11.8 Å². The molecular weight excluding hydrogens is 476 g/mol. The van der Waals surface area contributed by atoms with Crippen LogP contribution >= 0.6 is 0 Å². The van der Waals surface area contributed by atoms with E-state index in [0.29, 0.717) is 22.6 Å². The maximum atomic E-state index is 12.2. The van der Waals surface area contributed by atoms with Crippen molar-refractivity contribution in [3.63, 3.8) is 0 Å². The van der Waals surface area contributed by atoms with E-state index in [2.05, 4.69) is 20.0 Å². The van der Waals surface area contributed by atoms with Gasteiger partial charge in [-0.2, -0.15) is 4.98 Å². The number of ether oxygens (including phenoxy) is 3. The van der Waals surface area contributed by atoms with Gasteiger partial charge in [0.1, 0.15) is 5.82 Å². The minimum Gasteiger partial charge on any atom is -0.493 e. The number of hydrogen-bond donors (Lipinski definition) is 3. The quantitative estimate of drug-likeness (QED) is 0.226. The summed E-state index contributed by atoms with van der Waals surface area (Å²) in [5.74, 6) is -1.44. The number of aromatic hydroxyl groups is 1. The predicted molar refractivity (Wildman–Crippen MR) is 127 cm³/mol. The average Bonchev–Trinajstić information content (AvgIpc) is 2.85. The summed E-state index contributed by atoms with van der Waals surface area (Å²) in [6.07, 6.45) is 2.85. The first-order valence-electron chi connectivity index (χ1n) is 10.2. The second-order valence-electron chi connectivity index (χ2n) is 7.03. The fourth-order valence-electron chi connectivity index (χ4n) is 2.95. The molecule has 2 aromatic carbocycles. The smallest absolute Gasteiger partial charge is 0.395 e. The Balaban J connectivity index is 1.64. The normalized spacial score (nSPS) is 10.6. The first-order chi connectivity index (χ1) is 17.2. The molecule has 0 saturated carbocycles. The Bertz CT molecular complexity index is 1380. The summed E-state index contributed by atoms with van der Waals surface area (Å²) in [6.45, 7) is -0.322. The zero-order valence-electron chi connectivity index (χ0n) is 19.0. The Morgan fingerprint density at radius 2 is 1.86 bits per heavy atom. The van der Waals surface area contributed by atoms with Gasteiger partial charge in [0.15, 0.2) is 18.1 Å². The SMILES string of the molecule is COC(=O)c1ccc(NC(=O)COc2ccc(/C=C/c3nc(O)c([N+](=O)[O-])c(=O)[nH]3)cc2OC)cc1. The molecule has 0 unspecified atom stereocenters. The Morgan fingerprint density at radius 1 is 1.14 bits per heavy atom. The van der Waals surface area contributed by atoms with Gasteiger partial charge in [-0.15, -0.1) is 0 Å². The lowest BCUT2D eigenvalue weighted by atomic mass is 10.2. The van der Waals surface area contributed by atoms with Crippen LogP contribution in [-0.4, -0.2) is 52.7 Å². The number of nitrogens with zero attached hydrogens (tertiary/aromatic N) is 2. The van der Waals surface area contributed by atoms with Crippen molar-refractivity contribution >= 4 is 35.4 Å². The number of amides is 1. The Morgan fingerprint density at radius 3 is 2.47 bits per heavy atom. The van der Waals surface area contributed by atoms with Crippen LogP contribution in [0.15, 0.2) is 47.3 Å². The molecule has 0 aliphatic carbocycles. The number of H-pyrrole nitrogens is 1. The van der Waals surface area contributed by atoms with Gasteiger partial charge in [0.2, 0.25) is 0 Å². The van der Waals surface area contributed by atoms with Crippen LogP contribution in [0.5, 0.6) is 17.4 Å². The Hall–Kier alpha value is -5.20. The molecule has 13 nitrogen and oxygen atoms in total. The topological polar surface area (TPSA) is 183 Å². The maximum Gasteiger partial charge on any atom is 0.395 e. The van der Waals surface area contributed by atoms with E-state index in [1.54, 1.807) is 30.3 Å². The second kappa shape index (κ2) is 11.3. The van der Waals surface area contributed by atoms with Crippen LogP contribution in [0, 0.1) is 10.1 Å². The third-order valence-electron chi connectivity index (χ3n) is 4.65. The fraction of sp³-hybridized carbons (Fsp3) is 0.130. The van der Waals surface area contributed by atoms with E-state index in [1.165, 1.54) is 38.5 Å². The average molecular weight is 496 g/mol. The van der Waals surface area contributed by atoms with E-state index >= 15 is 0 Å². The van der Waals surface area contributed by atoms with E-state index in [4.69, 9.17) is 9.47 Å². The van der Waals surface area contributed by atoms with Crippen molar-refractivity contribution in [3.8, 4) is 17.4 Å². The number of methoxy groups -OCH3 is 2. The summed E-state index contributed by atoms with van der Waals surface area (Å²) in [4.78, 5) is 51.0. The summed E-state index contributed by atoms with van der Waals surface area (Å²) >= 11 is 0. The molecule has 0 bridgehead atoms. The van der Waals surface area contributed by atoms with Gasteiger partial charge in [-0.05, 0) is 48.0 Å². The summed E-state index contributed by atoms with van der Waals surface area (Å²) in [6, 6.07) is 10.9. The van der Waals surface area contributed by atoms with Crippen molar-refractivity contribution < 1.29 is 33.8 Å². The number of rotatable bonds is 9. The van der Waals surface area contributed by atoms with Gasteiger partial charge in [-0.25, -0.2) is 4.79 Å². The molecule has 1 aromatic heterocycles. The third kappa shape index (κ3) is 6.22. The van der Waals surface area contributed by atoms with E-state index < -0.39 is 33.9 Å². The predicted octanol–water partition coefficient (Wildman–Crippen LogP) is 2.37. The molecule has 3 N–H and O–H groups in total. The number of aromatic amines is 1. The van der Waals surface area contributed by atoms with Crippen molar-refractivity contribution in [2.45, 2.75) is 0 Å². The highest BCUT2D eigenvalue weighted by molar-refractivity contribution is 5.93. The monoisotopic (exact) mass is 496 g/mol. The molecule has 0 radical (unpaired) electrons. The van der Waals surface area contributed by atoms with Gasteiger partial charge in [-0.1, -0.05) is 12.1 Å². The second-order valence-corrected chi connectivity index (χ2v) is 7.03. The number of anilines is 1. The third-order valence-corrected chi connectivity index (χ3v) is 4.65. The molecular formula is C23H20N4O9.